The van der Waals surface area contributed by atoms with E-state index in [9.17, 15) is 9.90 Å². The second-order valence-electron chi connectivity index (χ2n) is 5.63. The number of carbonyl (C=O) groups is 1. The number of hydrogen-bond acceptors (Lipinski definition) is 2. The van der Waals surface area contributed by atoms with E-state index in [0.717, 1.165) is 8.95 Å². The van der Waals surface area contributed by atoms with E-state index in [1.165, 1.54) is 24.6 Å². The number of anilines is 1. The van der Waals surface area contributed by atoms with Gasteiger partial charge < -0.3 is 10.4 Å². The molecule has 0 unspecified atom stereocenters. The van der Waals surface area contributed by atoms with Crippen LogP contribution < -0.4 is 5.32 Å². The molecule has 0 saturated heterocycles. The summed E-state index contributed by atoms with van der Waals surface area (Å²) in [6.07, 6.45) is 10.8. The Labute approximate surface area is 195 Å². The monoisotopic (exact) mass is 541 g/mol. The Morgan fingerprint density at radius 3 is 2.21 bits per heavy atom. The van der Waals surface area contributed by atoms with Gasteiger partial charge in [-0.2, -0.15) is 0 Å². The van der Waals surface area contributed by atoms with Gasteiger partial charge in [-0.3, -0.25) is 4.79 Å². The molecule has 0 heterocycles. The van der Waals surface area contributed by atoms with Gasteiger partial charge in [0.05, 0.1) is 5.56 Å². The highest BCUT2D eigenvalue weighted by molar-refractivity contribution is 9.11. The summed E-state index contributed by atoms with van der Waals surface area (Å²) >= 11 is 12.5. The first-order valence-electron chi connectivity index (χ1n) is 8.95. The van der Waals surface area contributed by atoms with Crippen molar-refractivity contribution < 1.29 is 9.90 Å². The van der Waals surface area contributed by atoms with Crippen LogP contribution in [0.1, 0.15) is 37.6 Å². The molecule has 0 radical (unpaired) electrons. The standard InChI is InChI=1S/C13H8Br2ClNO2.C7H10.C3H8/c14-7-3-8(15)5-10(4-7)17-13(19)11-6-9(16)1-2-12(11)18;1-3-5-7-6-4-2;1-3-2/h1-6,18H,(H,17,19);3-7H,1H2,2H3;3H2,1-2H3/b;6-4-,7-5-;. The molecule has 0 fully saturated rings. The molecule has 0 bridgehead atoms. The topological polar surface area (TPSA) is 49.3 Å². The van der Waals surface area contributed by atoms with Gasteiger partial charge in [0.15, 0.2) is 0 Å². The molecule has 2 N–H and O–H groups in total. The summed E-state index contributed by atoms with van der Waals surface area (Å²) in [6.45, 7) is 9.74. The predicted molar refractivity (Wildman–Crippen MR) is 133 cm³/mol. The van der Waals surface area contributed by atoms with E-state index in [4.69, 9.17) is 11.6 Å². The van der Waals surface area contributed by atoms with E-state index in [2.05, 4.69) is 57.6 Å². The predicted octanol–water partition coefficient (Wildman–Crippen LogP) is 8.54. The molecule has 156 valence electrons. The van der Waals surface area contributed by atoms with E-state index in [-0.39, 0.29) is 11.3 Å². The second-order valence-corrected chi connectivity index (χ2v) is 7.89. The summed E-state index contributed by atoms with van der Waals surface area (Å²) in [5.41, 5.74) is 0.731. The van der Waals surface area contributed by atoms with Crippen molar-refractivity contribution in [1.29, 1.82) is 0 Å². The molecule has 0 atom stereocenters. The third-order valence-electron chi connectivity index (χ3n) is 2.87. The number of carbonyl (C=O) groups excluding carboxylic acids is 1. The Morgan fingerprint density at radius 1 is 1.10 bits per heavy atom. The molecule has 0 aliphatic heterocycles. The maximum absolute atomic E-state index is 12.0. The van der Waals surface area contributed by atoms with Crippen LogP contribution in [0, 0.1) is 0 Å². The largest absolute Gasteiger partial charge is 0.507 e. The maximum Gasteiger partial charge on any atom is 0.259 e. The maximum atomic E-state index is 12.0. The third kappa shape index (κ3) is 12.4. The Kier molecular flexibility index (Phi) is 15.0. The van der Waals surface area contributed by atoms with Gasteiger partial charge in [0.25, 0.3) is 5.91 Å². The van der Waals surface area contributed by atoms with Crippen molar-refractivity contribution in [1.82, 2.24) is 0 Å². The van der Waals surface area contributed by atoms with E-state index in [1.807, 2.05) is 37.3 Å². The summed E-state index contributed by atoms with van der Waals surface area (Å²) in [7, 11) is 0. The third-order valence-corrected chi connectivity index (χ3v) is 4.03. The average molecular weight is 544 g/mol. The van der Waals surface area contributed by atoms with Gasteiger partial charge in [-0.25, -0.2) is 0 Å². The number of hydrogen-bond donors (Lipinski definition) is 2. The lowest BCUT2D eigenvalue weighted by Gasteiger charge is -2.08. The summed E-state index contributed by atoms with van der Waals surface area (Å²) in [4.78, 5) is 12.0. The molecule has 2 aromatic carbocycles. The Balaban J connectivity index is 0.000000658. The number of allylic oxidation sites excluding steroid dienone is 5. The molecule has 0 spiro atoms. The first-order chi connectivity index (χ1) is 13.8. The quantitative estimate of drug-likeness (QED) is 0.380. The molecule has 0 saturated carbocycles. The number of nitrogens with one attached hydrogen (secondary N) is 1. The van der Waals surface area contributed by atoms with Crippen molar-refractivity contribution in [2.24, 2.45) is 0 Å². The van der Waals surface area contributed by atoms with Crippen LogP contribution in [0.3, 0.4) is 0 Å². The zero-order valence-corrected chi connectivity index (χ0v) is 20.7. The lowest BCUT2D eigenvalue weighted by atomic mass is 10.2. The van der Waals surface area contributed by atoms with Crippen LogP contribution >= 0.6 is 43.5 Å². The molecule has 1 amide bonds. The van der Waals surface area contributed by atoms with Gasteiger partial charge in [-0.05, 0) is 43.3 Å². The minimum absolute atomic E-state index is 0.115. The summed E-state index contributed by atoms with van der Waals surface area (Å²) in [6, 6.07) is 9.68. The van der Waals surface area contributed by atoms with Gasteiger partial charge in [0, 0.05) is 19.7 Å². The van der Waals surface area contributed by atoms with Crippen LogP contribution in [0.25, 0.3) is 0 Å². The minimum Gasteiger partial charge on any atom is -0.507 e. The highest BCUT2D eigenvalue weighted by atomic mass is 79.9. The number of aromatic hydroxyl groups is 1. The Morgan fingerprint density at radius 2 is 1.69 bits per heavy atom. The first-order valence-corrected chi connectivity index (χ1v) is 10.9. The summed E-state index contributed by atoms with van der Waals surface area (Å²) in [5.74, 6) is -0.541. The number of halogens is 3. The zero-order chi connectivity index (χ0) is 22.2. The lowest BCUT2D eigenvalue weighted by molar-refractivity contribution is 0.102. The van der Waals surface area contributed by atoms with Crippen molar-refractivity contribution in [2.75, 3.05) is 5.32 Å². The van der Waals surface area contributed by atoms with Crippen molar-refractivity contribution in [3.8, 4) is 5.75 Å². The Hall–Kier alpha value is -1.82. The van der Waals surface area contributed by atoms with E-state index < -0.39 is 5.91 Å². The molecular formula is C23H26Br2ClNO2. The van der Waals surface area contributed by atoms with Crippen molar-refractivity contribution in [3.05, 3.63) is 92.9 Å². The minimum atomic E-state index is -0.426. The fourth-order valence-electron chi connectivity index (χ4n) is 1.77. The molecule has 0 aromatic heterocycles. The van der Waals surface area contributed by atoms with E-state index in [0.29, 0.717) is 10.7 Å². The van der Waals surface area contributed by atoms with Gasteiger partial charge in [0.2, 0.25) is 0 Å². The van der Waals surface area contributed by atoms with Gasteiger partial charge >= 0.3 is 0 Å². The van der Waals surface area contributed by atoms with Crippen LogP contribution in [-0.2, 0) is 0 Å². The Bertz CT molecular complexity index is 829. The van der Waals surface area contributed by atoms with Crippen LogP contribution in [0.15, 0.2) is 82.3 Å². The van der Waals surface area contributed by atoms with Gasteiger partial charge in [-0.15, -0.1) is 0 Å². The van der Waals surface area contributed by atoms with Gasteiger partial charge in [-0.1, -0.05) is 101 Å². The molecule has 2 rings (SSSR count). The lowest BCUT2D eigenvalue weighted by Crippen LogP contribution is -2.12. The normalized spacial score (nSPS) is 10.0. The van der Waals surface area contributed by atoms with E-state index >= 15 is 0 Å². The average Bonchev–Trinajstić information content (AvgIpc) is 2.64. The van der Waals surface area contributed by atoms with Crippen molar-refractivity contribution in [3.63, 3.8) is 0 Å². The van der Waals surface area contributed by atoms with Crippen molar-refractivity contribution >= 4 is 55.1 Å². The SMILES string of the molecule is C=C/C=C\C=C/C.CCC.O=C(Nc1cc(Br)cc(Br)c1)c1cc(Cl)ccc1O. The van der Waals surface area contributed by atoms with Crippen molar-refractivity contribution in [2.45, 2.75) is 27.2 Å². The highest BCUT2D eigenvalue weighted by Crippen LogP contribution is 2.26. The number of rotatable bonds is 4. The van der Waals surface area contributed by atoms with E-state index in [1.54, 1.807) is 18.2 Å². The first kappa shape index (κ1) is 27.2. The van der Waals surface area contributed by atoms with Crippen LogP contribution in [0.4, 0.5) is 5.69 Å². The summed E-state index contributed by atoms with van der Waals surface area (Å²) in [5, 5.41) is 12.7. The van der Waals surface area contributed by atoms with Gasteiger partial charge in [0.1, 0.15) is 5.75 Å². The summed E-state index contributed by atoms with van der Waals surface area (Å²) < 4.78 is 1.65. The molecule has 0 aliphatic rings. The second kappa shape index (κ2) is 16.0. The number of phenols is 1. The van der Waals surface area contributed by atoms with Crippen LogP contribution in [0.5, 0.6) is 5.75 Å². The van der Waals surface area contributed by atoms with Crippen LogP contribution in [0.2, 0.25) is 5.02 Å². The molecule has 0 aliphatic carbocycles. The fraction of sp³-hybridized carbons (Fsp3) is 0.174. The number of amides is 1. The molecular weight excluding hydrogens is 518 g/mol. The highest BCUT2D eigenvalue weighted by Gasteiger charge is 2.12. The molecule has 6 heteroatoms. The fourth-order valence-corrected chi connectivity index (χ4v) is 3.23. The number of phenolic OH excluding ortho intramolecular Hbond substituents is 1. The molecule has 2 aromatic rings. The number of benzene rings is 2. The zero-order valence-electron chi connectivity index (χ0n) is 16.8. The molecule has 3 nitrogen and oxygen atoms in total. The smallest absolute Gasteiger partial charge is 0.259 e. The molecule has 29 heavy (non-hydrogen) atoms. The van der Waals surface area contributed by atoms with Crippen LogP contribution in [-0.4, -0.2) is 11.0 Å².